The summed E-state index contributed by atoms with van der Waals surface area (Å²) in [7, 11) is -7.93. The number of hydrogen-bond acceptors (Lipinski definition) is 6. The highest BCUT2D eigenvalue weighted by Gasteiger charge is 2.27. The van der Waals surface area contributed by atoms with Crippen LogP contribution in [0.3, 0.4) is 0 Å². The molecule has 12 heteroatoms. The quantitative estimate of drug-likeness (QED) is 0.210. The minimum Gasteiger partial charge on any atom is -0.492 e. The van der Waals surface area contributed by atoms with E-state index in [4.69, 9.17) is 10.5 Å². The Morgan fingerprint density at radius 1 is 1.19 bits per heavy atom. The van der Waals surface area contributed by atoms with E-state index in [9.17, 15) is 16.8 Å². The van der Waals surface area contributed by atoms with Crippen LogP contribution in [0.1, 0.15) is 20.3 Å². The molecule has 9 nitrogen and oxygen atoms in total. The average molecular weight is 534 g/mol. The number of hydrogen-bond donors (Lipinski definition) is 2. The van der Waals surface area contributed by atoms with E-state index in [1.165, 1.54) is 24.3 Å². The van der Waals surface area contributed by atoms with Crippen molar-refractivity contribution in [1.82, 2.24) is 5.32 Å². The minimum atomic E-state index is -3.97. The fourth-order valence-electron chi connectivity index (χ4n) is 2.02. The van der Waals surface area contributed by atoms with Crippen molar-refractivity contribution >= 4 is 55.7 Å². The molecule has 1 rings (SSSR count). The number of aliphatic imine (C=N–C) groups is 1. The summed E-state index contributed by atoms with van der Waals surface area (Å²) >= 11 is 0. The van der Waals surface area contributed by atoms with Gasteiger partial charge in [0, 0.05) is 6.04 Å². The number of nitrogens with two attached hydrogens (primary N) is 1. The van der Waals surface area contributed by atoms with E-state index in [0.29, 0.717) is 22.0 Å². The maximum Gasteiger partial charge on any atom is 0.245 e. The zero-order valence-corrected chi connectivity index (χ0v) is 19.7. The van der Waals surface area contributed by atoms with Crippen molar-refractivity contribution in [3.63, 3.8) is 0 Å². The first-order valence-electron chi connectivity index (χ1n) is 7.95. The van der Waals surface area contributed by atoms with Gasteiger partial charge in [0.15, 0.2) is 5.96 Å². The van der Waals surface area contributed by atoms with Crippen LogP contribution in [0.15, 0.2) is 29.3 Å². The van der Waals surface area contributed by atoms with Gasteiger partial charge in [-0.15, -0.1) is 24.0 Å². The Labute approximate surface area is 178 Å². The van der Waals surface area contributed by atoms with Crippen LogP contribution in [0.2, 0.25) is 0 Å². The van der Waals surface area contributed by atoms with Crippen LogP contribution in [0.4, 0.5) is 5.69 Å². The van der Waals surface area contributed by atoms with E-state index >= 15 is 0 Å². The molecule has 0 saturated heterocycles. The molecule has 0 amide bonds. The molecule has 27 heavy (non-hydrogen) atoms. The van der Waals surface area contributed by atoms with Gasteiger partial charge in [0.05, 0.1) is 24.7 Å². The summed E-state index contributed by atoms with van der Waals surface area (Å²) in [4.78, 5) is 4.13. The first kappa shape index (κ1) is 25.7. The van der Waals surface area contributed by atoms with E-state index < -0.39 is 20.0 Å². The largest absolute Gasteiger partial charge is 0.492 e. The maximum atomic E-state index is 11.7. The zero-order chi connectivity index (χ0) is 20.0. The van der Waals surface area contributed by atoms with Gasteiger partial charge in [-0.3, -0.25) is 0 Å². The maximum absolute atomic E-state index is 11.7. The Bertz CT molecular complexity index is 794. The topological polar surface area (TPSA) is 131 Å². The lowest BCUT2D eigenvalue weighted by Crippen LogP contribution is -2.38. The van der Waals surface area contributed by atoms with Gasteiger partial charge in [-0.05, 0) is 37.6 Å². The van der Waals surface area contributed by atoms with Crippen molar-refractivity contribution in [2.75, 3.05) is 29.4 Å². The SMILES string of the molecule is CCC(C)NC(N)=NCCOc1ccc(N(S(C)(=O)=O)S(C)(=O)=O)cc1.I. The van der Waals surface area contributed by atoms with E-state index in [0.717, 1.165) is 18.9 Å². The van der Waals surface area contributed by atoms with Gasteiger partial charge in [0.2, 0.25) is 20.0 Å². The molecule has 0 aromatic heterocycles. The predicted octanol–water partition coefficient (Wildman–Crippen LogP) is 1.11. The molecule has 1 unspecified atom stereocenters. The molecule has 0 aliphatic heterocycles. The second-order valence-electron chi connectivity index (χ2n) is 5.79. The molecule has 0 bridgehead atoms. The number of guanidine groups is 1. The van der Waals surface area contributed by atoms with Crippen molar-refractivity contribution in [3.8, 4) is 5.75 Å². The monoisotopic (exact) mass is 534 g/mol. The third-order valence-corrected chi connectivity index (χ3v) is 6.55. The highest BCUT2D eigenvalue weighted by molar-refractivity contribution is 14.0. The lowest BCUT2D eigenvalue weighted by atomic mass is 10.3. The molecule has 1 aromatic rings. The second-order valence-corrected chi connectivity index (χ2v) is 9.68. The van der Waals surface area contributed by atoms with Crippen LogP contribution >= 0.6 is 24.0 Å². The van der Waals surface area contributed by atoms with Gasteiger partial charge in [0.25, 0.3) is 0 Å². The van der Waals surface area contributed by atoms with Crippen LogP contribution in [0.5, 0.6) is 5.75 Å². The third kappa shape index (κ3) is 8.97. The van der Waals surface area contributed by atoms with Crippen molar-refractivity contribution in [2.24, 2.45) is 10.7 Å². The lowest BCUT2D eigenvalue weighted by Gasteiger charge is -2.19. The number of benzene rings is 1. The van der Waals surface area contributed by atoms with Gasteiger partial charge in [0.1, 0.15) is 12.4 Å². The van der Waals surface area contributed by atoms with Crippen LogP contribution in [-0.4, -0.2) is 54.5 Å². The predicted molar refractivity (Wildman–Crippen MR) is 119 cm³/mol. The molecule has 0 radical (unpaired) electrons. The molecule has 0 aliphatic rings. The van der Waals surface area contributed by atoms with E-state index in [-0.39, 0.29) is 42.3 Å². The minimum absolute atomic E-state index is 0. The molecule has 0 spiro atoms. The number of nitrogens with zero attached hydrogens (tertiary/aromatic N) is 2. The Hall–Kier alpha value is -1.28. The highest BCUT2D eigenvalue weighted by atomic mass is 127. The number of ether oxygens (including phenoxy) is 1. The summed E-state index contributed by atoms with van der Waals surface area (Å²) in [5, 5.41) is 3.03. The van der Waals surface area contributed by atoms with E-state index in [1.54, 1.807) is 0 Å². The normalized spacial score (nSPS) is 13.4. The van der Waals surface area contributed by atoms with Gasteiger partial charge in [-0.2, -0.15) is 3.71 Å². The fourth-order valence-corrected chi connectivity index (χ4v) is 5.00. The molecule has 0 aliphatic carbocycles. The summed E-state index contributed by atoms with van der Waals surface area (Å²) in [6.07, 6.45) is 2.58. The van der Waals surface area contributed by atoms with Crippen molar-refractivity contribution in [2.45, 2.75) is 26.3 Å². The van der Waals surface area contributed by atoms with Crippen LogP contribution in [-0.2, 0) is 20.0 Å². The number of rotatable bonds is 9. The number of anilines is 1. The average Bonchev–Trinajstić information content (AvgIpc) is 2.50. The molecule has 3 N–H and O–H groups in total. The molecule has 1 atom stereocenters. The summed E-state index contributed by atoms with van der Waals surface area (Å²) in [6, 6.07) is 5.94. The van der Waals surface area contributed by atoms with Crippen molar-refractivity contribution in [1.29, 1.82) is 0 Å². The number of halogens is 1. The molecule has 0 heterocycles. The van der Waals surface area contributed by atoms with Crippen molar-refractivity contribution < 1.29 is 21.6 Å². The summed E-state index contributed by atoms with van der Waals surface area (Å²) in [6.45, 7) is 4.64. The molecular formula is C15H27IN4O5S2. The number of nitrogens with one attached hydrogen (secondary N) is 1. The van der Waals surface area contributed by atoms with Gasteiger partial charge in [-0.25, -0.2) is 21.8 Å². The van der Waals surface area contributed by atoms with Crippen LogP contribution < -0.4 is 19.5 Å². The smallest absolute Gasteiger partial charge is 0.245 e. The standard InChI is InChI=1S/C15H26N4O5S2.HI/c1-5-12(2)18-15(16)17-10-11-24-14-8-6-13(7-9-14)19(25(3,20)21)26(4,22)23;/h6-9,12H,5,10-11H2,1-4H3,(H3,16,17,18);1H. The Balaban J connectivity index is 0.00000676. The van der Waals surface area contributed by atoms with Gasteiger partial charge in [-0.1, -0.05) is 6.92 Å². The Kier molecular flexibility index (Phi) is 10.4. The number of sulfonamides is 2. The van der Waals surface area contributed by atoms with Crippen LogP contribution in [0, 0.1) is 0 Å². The highest BCUT2D eigenvalue weighted by Crippen LogP contribution is 2.23. The molecule has 156 valence electrons. The van der Waals surface area contributed by atoms with E-state index in [1.807, 2.05) is 13.8 Å². The molecule has 0 fully saturated rings. The summed E-state index contributed by atoms with van der Waals surface area (Å²) in [5.74, 6) is 0.801. The summed E-state index contributed by atoms with van der Waals surface area (Å²) < 4.78 is 52.7. The second kappa shape index (κ2) is 10.9. The first-order chi connectivity index (χ1) is 11.9. The van der Waals surface area contributed by atoms with Crippen molar-refractivity contribution in [3.05, 3.63) is 24.3 Å². The fraction of sp³-hybridized carbons (Fsp3) is 0.533. The Morgan fingerprint density at radius 3 is 2.15 bits per heavy atom. The molecular weight excluding hydrogens is 507 g/mol. The zero-order valence-electron chi connectivity index (χ0n) is 15.7. The van der Waals surface area contributed by atoms with Gasteiger partial charge < -0.3 is 15.8 Å². The molecule has 0 saturated carbocycles. The van der Waals surface area contributed by atoms with E-state index in [2.05, 4.69) is 10.3 Å². The molecule has 1 aromatic carbocycles. The third-order valence-electron chi connectivity index (χ3n) is 3.30. The lowest BCUT2D eigenvalue weighted by molar-refractivity contribution is 0.328. The van der Waals surface area contributed by atoms with Crippen LogP contribution in [0.25, 0.3) is 0 Å². The Morgan fingerprint density at radius 2 is 1.70 bits per heavy atom. The summed E-state index contributed by atoms with van der Waals surface area (Å²) in [5.41, 5.74) is 5.74. The van der Waals surface area contributed by atoms with Gasteiger partial charge >= 0.3 is 0 Å². The first-order valence-corrected chi connectivity index (χ1v) is 11.6.